The van der Waals surface area contributed by atoms with Crippen molar-refractivity contribution in [3.8, 4) is 11.8 Å². The molecule has 1 atom stereocenters. The molecule has 1 heterocycles. The molecular formula is C16H17N3O. The van der Waals surface area contributed by atoms with E-state index in [1.165, 1.54) is 0 Å². The van der Waals surface area contributed by atoms with Gasteiger partial charge in [-0.25, -0.2) is 0 Å². The molecule has 0 spiro atoms. The van der Waals surface area contributed by atoms with Crippen LogP contribution in [0.4, 0.5) is 0 Å². The van der Waals surface area contributed by atoms with Crippen molar-refractivity contribution in [2.75, 3.05) is 6.61 Å². The topological polar surface area (TPSA) is 57.9 Å². The molecule has 1 aromatic heterocycles. The van der Waals surface area contributed by atoms with E-state index >= 15 is 0 Å². The standard InChI is InChI=1S/C16H17N3O/c1-13(15-5-3-8-18-12-15)19-11-14-4-2-6-16(10-14)20-9-7-17/h2-6,8,10,12-13,19H,9,11H2,1H3. The molecule has 0 saturated heterocycles. The molecule has 1 N–H and O–H groups in total. The minimum Gasteiger partial charge on any atom is -0.479 e. The van der Waals surface area contributed by atoms with Crippen LogP contribution in [-0.4, -0.2) is 11.6 Å². The zero-order valence-electron chi connectivity index (χ0n) is 11.4. The minimum absolute atomic E-state index is 0.0724. The van der Waals surface area contributed by atoms with Crippen LogP contribution in [0.3, 0.4) is 0 Å². The number of pyridine rings is 1. The summed E-state index contributed by atoms with van der Waals surface area (Å²) in [6.07, 6.45) is 3.64. The molecule has 0 aliphatic rings. The number of rotatable bonds is 6. The van der Waals surface area contributed by atoms with Crippen LogP contribution >= 0.6 is 0 Å². The second-order valence-corrected chi connectivity index (χ2v) is 4.48. The predicted octanol–water partition coefficient (Wildman–Crippen LogP) is 2.83. The molecular weight excluding hydrogens is 250 g/mol. The maximum atomic E-state index is 8.51. The average Bonchev–Trinajstić information content (AvgIpc) is 2.52. The van der Waals surface area contributed by atoms with Crippen molar-refractivity contribution in [3.63, 3.8) is 0 Å². The lowest BCUT2D eigenvalue weighted by molar-refractivity contribution is 0.367. The van der Waals surface area contributed by atoms with E-state index in [2.05, 4.69) is 23.3 Å². The molecule has 1 unspecified atom stereocenters. The van der Waals surface area contributed by atoms with E-state index in [0.29, 0.717) is 0 Å². The zero-order valence-corrected chi connectivity index (χ0v) is 11.4. The van der Waals surface area contributed by atoms with E-state index in [9.17, 15) is 0 Å². The Bertz CT molecular complexity index is 578. The molecule has 4 nitrogen and oxygen atoms in total. The molecule has 0 aliphatic heterocycles. The van der Waals surface area contributed by atoms with E-state index in [1.54, 1.807) is 6.20 Å². The third kappa shape index (κ3) is 4.08. The number of nitriles is 1. The Kier molecular flexibility index (Phi) is 5.10. The van der Waals surface area contributed by atoms with Crippen molar-refractivity contribution in [2.45, 2.75) is 19.5 Å². The lowest BCUT2D eigenvalue weighted by Crippen LogP contribution is -2.18. The zero-order chi connectivity index (χ0) is 14.2. The van der Waals surface area contributed by atoms with Gasteiger partial charge in [-0.1, -0.05) is 18.2 Å². The quantitative estimate of drug-likeness (QED) is 0.874. The number of benzene rings is 1. The summed E-state index contributed by atoms with van der Waals surface area (Å²) in [5.74, 6) is 0.722. The fourth-order valence-electron chi connectivity index (χ4n) is 1.88. The monoisotopic (exact) mass is 267 g/mol. The van der Waals surface area contributed by atoms with Crippen molar-refractivity contribution in [1.29, 1.82) is 5.26 Å². The van der Waals surface area contributed by atoms with E-state index in [0.717, 1.165) is 23.4 Å². The van der Waals surface area contributed by atoms with E-state index in [4.69, 9.17) is 10.00 Å². The van der Waals surface area contributed by atoms with Crippen LogP contribution in [0.1, 0.15) is 24.1 Å². The van der Waals surface area contributed by atoms with Gasteiger partial charge in [0.15, 0.2) is 6.61 Å². The largest absolute Gasteiger partial charge is 0.479 e. The number of ether oxygens (including phenoxy) is 1. The van der Waals surface area contributed by atoms with E-state index < -0.39 is 0 Å². The smallest absolute Gasteiger partial charge is 0.174 e. The third-order valence-corrected chi connectivity index (χ3v) is 3.00. The molecule has 102 valence electrons. The van der Waals surface area contributed by atoms with Gasteiger partial charge in [0, 0.05) is 25.0 Å². The highest BCUT2D eigenvalue weighted by atomic mass is 16.5. The fourth-order valence-corrected chi connectivity index (χ4v) is 1.88. The van der Waals surface area contributed by atoms with Gasteiger partial charge in [0.25, 0.3) is 0 Å². The highest BCUT2D eigenvalue weighted by Crippen LogP contribution is 2.15. The second kappa shape index (κ2) is 7.27. The third-order valence-electron chi connectivity index (χ3n) is 3.00. The number of hydrogen-bond acceptors (Lipinski definition) is 4. The number of hydrogen-bond donors (Lipinski definition) is 1. The Hall–Kier alpha value is -2.38. The number of nitrogens with zero attached hydrogens (tertiary/aromatic N) is 2. The lowest BCUT2D eigenvalue weighted by Gasteiger charge is -2.14. The van der Waals surface area contributed by atoms with Gasteiger partial charge >= 0.3 is 0 Å². The molecule has 1 aromatic carbocycles. The Labute approximate surface area is 119 Å². The molecule has 4 heteroatoms. The Morgan fingerprint density at radius 1 is 1.35 bits per heavy atom. The van der Waals surface area contributed by atoms with Crippen molar-refractivity contribution in [2.24, 2.45) is 0 Å². The van der Waals surface area contributed by atoms with Gasteiger partial charge in [0.2, 0.25) is 0 Å². The van der Waals surface area contributed by atoms with Crippen LogP contribution in [0.15, 0.2) is 48.8 Å². The van der Waals surface area contributed by atoms with Gasteiger partial charge in [-0.15, -0.1) is 0 Å². The molecule has 0 saturated carbocycles. The first-order valence-electron chi connectivity index (χ1n) is 6.51. The normalized spacial score (nSPS) is 11.6. The predicted molar refractivity (Wildman–Crippen MR) is 77.0 cm³/mol. The van der Waals surface area contributed by atoms with Crippen molar-refractivity contribution >= 4 is 0 Å². The molecule has 0 radical (unpaired) electrons. The maximum absolute atomic E-state index is 8.51. The summed E-state index contributed by atoms with van der Waals surface area (Å²) in [4.78, 5) is 4.12. The Balaban J connectivity index is 1.92. The van der Waals surface area contributed by atoms with Crippen molar-refractivity contribution < 1.29 is 4.74 Å². The number of nitrogens with one attached hydrogen (secondary N) is 1. The first kappa shape index (κ1) is 14.0. The van der Waals surface area contributed by atoms with Crippen molar-refractivity contribution in [1.82, 2.24) is 10.3 Å². The molecule has 2 rings (SSSR count). The van der Waals surface area contributed by atoms with Gasteiger partial charge in [-0.2, -0.15) is 5.26 Å². The van der Waals surface area contributed by atoms with E-state index in [-0.39, 0.29) is 12.6 Å². The van der Waals surface area contributed by atoms with Gasteiger partial charge in [0.05, 0.1) is 0 Å². The van der Waals surface area contributed by atoms with Gasteiger partial charge < -0.3 is 10.1 Å². The summed E-state index contributed by atoms with van der Waals surface area (Å²) in [7, 11) is 0. The van der Waals surface area contributed by atoms with Crippen LogP contribution < -0.4 is 10.1 Å². The molecule has 20 heavy (non-hydrogen) atoms. The van der Waals surface area contributed by atoms with Crippen LogP contribution in [0.5, 0.6) is 5.75 Å². The lowest BCUT2D eigenvalue weighted by atomic mass is 10.1. The molecule has 0 aliphatic carbocycles. The molecule has 0 bridgehead atoms. The summed E-state index contributed by atoms with van der Waals surface area (Å²) in [6, 6.07) is 13.9. The molecule has 0 fully saturated rings. The average molecular weight is 267 g/mol. The van der Waals surface area contributed by atoms with Gasteiger partial charge in [-0.05, 0) is 36.2 Å². The first-order chi connectivity index (χ1) is 9.79. The minimum atomic E-state index is 0.0724. The summed E-state index contributed by atoms with van der Waals surface area (Å²) in [6.45, 7) is 2.91. The summed E-state index contributed by atoms with van der Waals surface area (Å²) in [5.41, 5.74) is 2.28. The highest BCUT2D eigenvalue weighted by Gasteiger charge is 2.04. The Morgan fingerprint density at radius 3 is 3.00 bits per heavy atom. The SMILES string of the molecule is CC(NCc1cccc(OCC#N)c1)c1cccnc1. The summed E-state index contributed by atoms with van der Waals surface area (Å²) in [5, 5.41) is 11.9. The maximum Gasteiger partial charge on any atom is 0.174 e. The van der Waals surface area contributed by atoms with Crippen LogP contribution in [0.2, 0.25) is 0 Å². The van der Waals surface area contributed by atoms with Crippen LogP contribution in [-0.2, 0) is 6.54 Å². The first-order valence-corrected chi connectivity index (χ1v) is 6.51. The van der Waals surface area contributed by atoms with Crippen LogP contribution in [0.25, 0.3) is 0 Å². The van der Waals surface area contributed by atoms with Crippen molar-refractivity contribution in [3.05, 3.63) is 59.9 Å². The van der Waals surface area contributed by atoms with Crippen LogP contribution in [0, 0.1) is 11.3 Å². The summed E-state index contributed by atoms with van der Waals surface area (Å²) < 4.78 is 5.29. The second-order valence-electron chi connectivity index (χ2n) is 4.48. The summed E-state index contributed by atoms with van der Waals surface area (Å²) >= 11 is 0. The van der Waals surface area contributed by atoms with E-state index in [1.807, 2.05) is 42.6 Å². The number of aromatic nitrogens is 1. The van der Waals surface area contributed by atoms with Gasteiger partial charge in [0.1, 0.15) is 11.8 Å². The Morgan fingerprint density at radius 2 is 2.25 bits per heavy atom. The van der Waals surface area contributed by atoms with Gasteiger partial charge in [-0.3, -0.25) is 4.98 Å². The molecule has 0 amide bonds. The molecule has 2 aromatic rings. The fraction of sp³-hybridized carbons (Fsp3) is 0.250. The highest BCUT2D eigenvalue weighted by molar-refractivity contribution is 5.28.